The highest BCUT2D eigenvalue weighted by atomic mass is 35.5. The summed E-state index contributed by atoms with van der Waals surface area (Å²) in [5.41, 5.74) is 2.50. The largest absolute Gasteiger partial charge is 0.497 e. The predicted octanol–water partition coefficient (Wildman–Crippen LogP) is 4.86. The molecule has 1 nitrogen and oxygen atoms in total. The number of hydrogen-bond acceptors (Lipinski definition) is 1. The molecule has 0 N–H and O–H groups in total. The van der Waals surface area contributed by atoms with E-state index in [0.717, 1.165) is 18.1 Å². The van der Waals surface area contributed by atoms with Crippen molar-refractivity contribution in [1.82, 2.24) is 0 Å². The van der Waals surface area contributed by atoms with Crippen molar-refractivity contribution in [3.63, 3.8) is 0 Å². The Labute approximate surface area is 109 Å². The summed E-state index contributed by atoms with van der Waals surface area (Å²) < 4.78 is 5.22. The van der Waals surface area contributed by atoms with Crippen LogP contribution in [0.1, 0.15) is 48.6 Å². The second kappa shape index (κ2) is 5.77. The summed E-state index contributed by atoms with van der Waals surface area (Å²) in [5, 5.41) is 0.156. The fourth-order valence-corrected chi connectivity index (χ4v) is 3.29. The van der Waals surface area contributed by atoms with E-state index in [9.17, 15) is 0 Å². The van der Waals surface area contributed by atoms with E-state index >= 15 is 0 Å². The number of halogens is 1. The van der Waals surface area contributed by atoms with Crippen LogP contribution < -0.4 is 4.74 Å². The van der Waals surface area contributed by atoms with Gasteiger partial charge in [-0.25, -0.2) is 0 Å². The lowest BCUT2D eigenvalue weighted by Crippen LogP contribution is -2.01. The molecule has 1 aromatic rings. The number of methoxy groups -OCH3 is 1. The van der Waals surface area contributed by atoms with Crippen LogP contribution in [0.25, 0.3) is 0 Å². The van der Waals surface area contributed by atoms with Gasteiger partial charge >= 0.3 is 0 Å². The van der Waals surface area contributed by atoms with Gasteiger partial charge in [0.2, 0.25) is 0 Å². The number of rotatable bonds is 4. The Morgan fingerprint density at radius 3 is 2.65 bits per heavy atom. The summed E-state index contributed by atoms with van der Waals surface area (Å²) in [4.78, 5) is 0. The van der Waals surface area contributed by atoms with Gasteiger partial charge in [0.15, 0.2) is 0 Å². The number of hydrogen-bond donors (Lipinski definition) is 0. The first-order valence-electron chi connectivity index (χ1n) is 6.49. The molecule has 1 atom stereocenters. The van der Waals surface area contributed by atoms with Crippen molar-refractivity contribution in [3.8, 4) is 5.75 Å². The zero-order valence-electron chi connectivity index (χ0n) is 10.7. The van der Waals surface area contributed by atoms with Gasteiger partial charge in [0, 0.05) is 0 Å². The molecule has 1 aliphatic rings. The van der Waals surface area contributed by atoms with Gasteiger partial charge in [-0.3, -0.25) is 0 Å². The molecule has 1 unspecified atom stereocenters. The molecular weight excluding hydrogens is 232 g/mol. The van der Waals surface area contributed by atoms with E-state index in [-0.39, 0.29) is 5.38 Å². The van der Waals surface area contributed by atoms with Gasteiger partial charge in [0.25, 0.3) is 0 Å². The minimum absolute atomic E-state index is 0.156. The average Bonchev–Trinajstić information content (AvgIpc) is 2.81. The summed E-state index contributed by atoms with van der Waals surface area (Å²) in [6, 6.07) is 6.19. The van der Waals surface area contributed by atoms with E-state index < -0.39 is 0 Å². The highest BCUT2D eigenvalue weighted by Crippen LogP contribution is 2.37. The maximum absolute atomic E-state index is 6.55. The minimum atomic E-state index is 0.156. The van der Waals surface area contributed by atoms with Gasteiger partial charge in [-0.15, -0.1) is 11.6 Å². The molecule has 1 fully saturated rings. The topological polar surface area (TPSA) is 9.23 Å². The lowest BCUT2D eigenvalue weighted by Gasteiger charge is -2.17. The van der Waals surface area contributed by atoms with E-state index in [2.05, 4.69) is 19.1 Å². The van der Waals surface area contributed by atoms with Crippen LogP contribution in [-0.2, 0) is 0 Å². The standard InChI is InChI=1S/C15H21ClO/c1-11-9-13(17-2)7-8-14(11)15(16)10-12-5-3-4-6-12/h7-9,12,15H,3-6,10H2,1-2H3. The Morgan fingerprint density at radius 1 is 1.35 bits per heavy atom. The van der Waals surface area contributed by atoms with Crippen molar-refractivity contribution in [2.24, 2.45) is 5.92 Å². The number of aryl methyl sites for hydroxylation is 1. The molecule has 0 spiro atoms. The Bertz CT molecular complexity index is 369. The van der Waals surface area contributed by atoms with Crippen molar-refractivity contribution < 1.29 is 4.74 Å². The van der Waals surface area contributed by atoms with Crippen LogP contribution in [-0.4, -0.2) is 7.11 Å². The summed E-state index contributed by atoms with van der Waals surface area (Å²) in [5.74, 6) is 1.75. The maximum atomic E-state index is 6.55. The van der Waals surface area contributed by atoms with Gasteiger partial charge in [0.1, 0.15) is 5.75 Å². The summed E-state index contributed by atoms with van der Waals surface area (Å²) in [6.45, 7) is 2.11. The first-order valence-corrected chi connectivity index (χ1v) is 6.93. The van der Waals surface area contributed by atoms with E-state index in [1.54, 1.807) is 7.11 Å². The number of ether oxygens (including phenoxy) is 1. The van der Waals surface area contributed by atoms with E-state index in [0.29, 0.717) is 0 Å². The van der Waals surface area contributed by atoms with Gasteiger partial charge < -0.3 is 4.74 Å². The number of benzene rings is 1. The van der Waals surface area contributed by atoms with Crippen LogP contribution in [0, 0.1) is 12.8 Å². The highest BCUT2D eigenvalue weighted by molar-refractivity contribution is 6.20. The van der Waals surface area contributed by atoms with Crippen LogP contribution in [0.15, 0.2) is 18.2 Å². The maximum Gasteiger partial charge on any atom is 0.119 e. The molecule has 17 heavy (non-hydrogen) atoms. The summed E-state index contributed by atoms with van der Waals surface area (Å²) in [7, 11) is 1.70. The molecule has 1 aliphatic carbocycles. The monoisotopic (exact) mass is 252 g/mol. The predicted molar refractivity (Wildman–Crippen MR) is 72.9 cm³/mol. The van der Waals surface area contributed by atoms with Crippen molar-refractivity contribution in [2.75, 3.05) is 7.11 Å². The molecule has 2 rings (SSSR count). The number of alkyl halides is 1. The summed E-state index contributed by atoms with van der Waals surface area (Å²) >= 11 is 6.55. The molecule has 1 saturated carbocycles. The molecule has 0 bridgehead atoms. The molecule has 0 aromatic heterocycles. The zero-order valence-corrected chi connectivity index (χ0v) is 11.5. The third kappa shape index (κ3) is 3.16. The zero-order chi connectivity index (χ0) is 12.3. The Morgan fingerprint density at radius 2 is 2.06 bits per heavy atom. The van der Waals surface area contributed by atoms with E-state index in [4.69, 9.17) is 16.3 Å². The summed E-state index contributed by atoms with van der Waals surface area (Å²) in [6.07, 6.45) is 6.61. The van der Waals surface area contributed by atoms with Gasteiger partial charge in [-0.1, -0.05) is 31.7 Å². The van der Waals surface area contributed by atoms with Crippen molar-refractivity contribution >= 4 is 11.6 Å². The Hall–Kier alpha value is -0.690. The Kier molecular flexibility index (Phi) is 4.33. The van der Waals surface area contributed by atoms with Gasteiger partial charge in [-0.05, 0) is 42.5 Å². The molecule has 0 saturated heterocycles. The van der Waals surface area contributed by atoms with Crippen LogP contribution in [0.3, 0.4) is 0 Å². The third-order valence-corrected chi connectivity index (χ3v) is 4.24. The Balaban J connectivity index is 2.04. The second-order valence-electron chi connectivity index (χ2n) is 5.08. The molecule has 94 valence electrons. The van der Waals surface area contributed by atoms with Crippen molar-refractivity contribution in [2.45, 2.75) is 44.4 Å². The van der Waals surface area contributed by atoms with Crippen LogP contribution in [0.2, 0.25) is 0 Å². The first-order chi connectivity index (χ1) is 8.20. The van der Waals surface area contributed by atoms with Crippen LogP contribution in [0.4, 0.5) is 0 Å². The SMILES string of the molecule is COc1ccc(C(Cl)CC2CCCC2)c(C)c1. The van der Waals surface area contributed by atoms with Gasteiger partial charge in [-0.2, -0.15) is 0 Å². The van der Waals surface area contributed by atoms with E-state index in [1.807, 2.05) is 6.07 Å². The highest BCUT2D eigenvalue weighted by Gasteiger charge is 2.20. The lowest BCUT2D eigenvalue weighted by molar-refractivity contribution is 0.414. The second-order valence-corrected chi connectivity index (χ2v) is 5.60. The molecule has 1 aromatic carbocycles. The fraction of sp³-hybridized carbons (Fsp3) is 0.600. The van der Waals surface area contributed by atoms with E-state index in [1.165, 1.54) is 36.8 Å². The molecule has 2 heteroatoms. The quantitative estimate of drug-likeness (QED) is 0.695. The minimum Gasteiger partial charge on any atom is -0.497 e. The van der Waals surface area contributed by atoms with Gasteiger partial charge in [0.05, 0.1) is 12.5 Å². The smallest absolute Gasteiger partial charge is 0.119 e. The fourth-order valence-electron chi connectivity index (χ4n) is 2.79. The first kappa shape index (κ1) is 12.8. The normalized spacial score (nSPS) is 18.3. The lowest BCUT2D eigenvalue weighted by atomic mass is 9.95. The molecule has 0 radical (unpaired) electrons. The van der Waals surface area contributed by atoms with Crippen molar-refractivity contribution in [1.29, 1.82) is 0 Å². The van der Waals surface area contributed by atoms with Crippen molar-refractivity contribution in [3.05, 3.63) is 29.3 Å². The molecular formula is C15H21ClO. The third-order valence-electron chi connectivity index (χ3n) is 3.83. The molecule has 0 aliphatic heterocycles. The molecule has 0 heterocycles. The van der Waals surface area contributed by atoms with Crippen LogP contribution >= 0.6 is 11.6 Å². The van der Waals surface area contributed by atoms with Crippen LogP contribution in [0.5, 0.6) is 5.75 Å². The average molecular weight is 253 g/mol. The molecule has 0 amide bonds.